The lowest BCUT2D eigenvalue weighted by Gasteiger charge is -2.17. The quantitative estimate of drug-likeness (QED) is 0.413. The number of carbonyl (C=O) groups excluding carboxylic acids is 2. The van der Waals surface area contributed by atoms with Gasteiger partial charge in [-0.1, -0.05) is 40.5 Å². The lowest BCUT2D eigenvalue weighted by atomic mass is 9.99. The number of hydrogen-bond acceptors (Lipinski definition) is 4. The summed E-state index contributed by atoms with van der Waals surface area (Å²) in [5, 5.41) is 0. The molecule has 94 valence electrons. The van der Waals surface area contributed by atoms with Crippen LogP contribution in [0.15, 0.2) is 0 Å². The van der Waals surface area contributed by atoms with E-state index in [1.165, 1.54) is 0 Å². The Bertz CT molecular complexity index is 228. The van der Waals surface area contributed by atoms with Crippen LogP contribution in [0.3, 0.4) is 0 Å². The summed E-state index contributed by atoms with van der Waals surface area (Å²) in [6.45, 7) is 8.33. The van der Waals surface area contributed by atoms with Crippen molar-refractivity contribution in [3.05, 3.63) is 0 Å². The molecule has 0 saturated heterocycles. The van der Waals surface area contributed by atoms with Gasteiger partial charge in [0.15, 0.2) is 0 Å². The molecular formula is C12H22O4. The fraction of sp³-hybridized carbons (Fsp3) is 0.833. The summed E-state index contributed by atoms with van der Waals surface area (Å²) < 4.78 is 9.57. The Morgan fingerprint density at radius 1 is 1.00 bits per heavy atom. The summed E-state index contributed by atoms with van der Waals surface area (Å²) in [6, 6.07) is 0. The topological polar surface area (TPSA) is 52.6 Å². The molecule has 0 N–H and O–H groups in total. The van der Waals surface area contributed by atoms with Crippen LogP contribution < -0.4 is 0 Å². The van der Waals surface area contributed by atoms with Crippen LogP contribution >= 0.6 is 0 Å². The SMILES string of the molecule is CCCCCOC(=O)C(=O)OCC(C)(C)C. The second kappa shape index (κ2) is 7.25. The predicted octanol–water partition coefficient (Wildman–Crippen LogP) is 2.31. The lowest BCUT2D eigenvalue weighted by molar-refractivity contribution is -0.169. The van der Waals surface area contributed by atoms with Crippen molar-refractivity contribution in [2.24, 2.45) is 5.41 Å². The van der Waals surface area contributed by atoms with E-state index < -0.39 is 11.9 Å². The Hall–Kier alpha value is -1.06. The molecule has 4 nitrogen and oxygen atoms in total. The third-order valence-electron chi connectivity index (χ3n) is 1.78. The van der Waals surface area contributed by atoms with Gasteiger partial charge in [0.25, 0.3) is 0 Å². The van der Waals surface area contributed by atoms with Crippen LogP contribution in [-0.2, 0) is 19.1 Å². The van der Waals surface area contributed by atoms with Gasteiger partial charge in [-0.3, -0.25) is 0 Å². The minimum absolute atomic E-state index is 0.141. The van der Waals surface area contributed by atoms with Crippen LogP contribution in [0.25, 0.3) is 0 Å². The van der Waals surface area contributed by atoms with Gasteiger partial charge in [-0.25, -0.2) is 9.59 Å². The summed E-state index contributed by atoms with van der Waals surface area (Å²) in [5.41, 5.74) is -0.141. The second-order valence-corrected chi connectivity index (χ2v) is 4.98. The van der Waals surface area contributed by atoms with E-state index in [4.69, 9.17) is 9.47 Å². The van der Waals surface area contributed by atoms with Crippen LogP contribution in [0.4, 0.5) is 0 Å². The molecule has 0 fully saturated rings. The van der Waals surface area contributed by atoms with Crippen molar-refractivity contribution in [3.8, 4) is 0 Å². The smallest absolute Gasteiger partial charge is 0.417 e. The van der Waals surface area contributed by atoms with Gasteiger partial charge >= 0.3 is 11.9 Å². The third kappa shape index (κ3) is 8.26. The fourth-order valence-electron chi connectivity index (χ4n) is 0.917. The highest BCUT2D eigenvalue weighted by atomic mass is 16.6. The van der Waals surface area contributed by atoms with Crippen molar-refractivity contribution >= 4 is 11.9 Å². The monoisotopic (exact) mass is 230 g/mol. The lowest BCUT2D eigenvalue weighted by Crippen LogP contribution is -2.25. The number of esters is 2. The summed E-state index contributed by atoms with van der Waals surface area (Å²) in [7, 11) is 0. The molecule has 0 bridgehead atoms. The van der Waals surface area contributed by atoms with Crippen LogP contribution in [0.2, 0.25) is 0 Å². The van der Waals surface area contributed by atoms with Crippen LogP contribution in [0, 0.1) is 5.41 Å². The molecule has 0 aliphatic carbocycles. The predicted molar refractivity (Wildman–Crippen MR) is 60.9 cm³/mol. The van der Waals surface area contributed by atoms with E-state index >= 15 is 0 Å². The Labute approximate surface area is 97.3 Å². The second-order valence-electron chi connectivity index (χ2n) is 4.98. The summed E-state index contributed by atoms with van der Waals surface area (Å²) in [6.07, 6.45) is 2.82. The van der Waals surface area contributed by atoms with Crippen molar-refractivity contribution in [3.63, 3.8) is 0 Å². The van der Waals surface area contributed by atoms with Gasteiger partial charge in [-0.2, -0.15) is 0 Å². The van der Waals surface area contributed by atoms with E-state index in [0.29, 0.717) is 0 Å². The molecule has 0 spiro atoms. The highest BCUT2D eigenvalue weighted by molar-refractivity contribution is 6.29. The minimum atomic E-state index is -0.897. The molecule has 16 heavy (non-hydrogen) atoms. The van der Waals surface area contributed by atoms with E-state index in [1.807, 2.05) is 20.8 Å². The van der Waals surface area contributed by atoms with E-state index in [9.17, 15) is 9.59 Å². The average Bonchev–Trinajstić information content (AvgIpc) is 2.19. The molecule has 0 aliphatic rings. The summed E-state index contributed by atoms with van der Waals surface area (Å²) >= 11 is 0. The Kier molecular flexibility index (Phi) is 6.77. The molecule has 0 rings (SSSR count). The highest BCUT2D eigenvalue weighted by Gasteiger charge is 2.20. The van der Waals surface area contributed by atoms with Crippen molar-refractivity contribution < 1.29 is 19.1 Å². The number of unbranched alkanes of at least 4 members (excludes halogenated alkanes) is 2. The van der Waals surface area contributed by atoms with Gasteiger partial charge in [0.05, 0.1) is 13.2 Å². The maximum atomic E-state index is 11.2. The number of carbonyl (C=O) groups is 2. The first-order valence-electron chi connectivity index (χ1n) is 5.70. The number of ether oxygens (including phenoxy) is 2. The van der Waals surface area contributed by atoms with Gasteiger partial charge < -0.3 is 9.47 Å². The Morgan fingerprint density at radius 2 is 1.56 bits per heavy atom. The van der Waals surface area contributed by atoms with E-state index in [-0.39, 0.29) is 18.6 Å². The van der Waals surface area contributed by atoms with Crippen LogP contribution in [0.5, 0.6) is 0 Å². The third-order valence-corrected chi connectivity index (χ3v) is 1.78. The first-order chi connectivity index (χ1) is 7.37. The minimum Gasteiger partial charge on any atom is -0.457 e. The summed E-state index contributed by atoms with van der Waals surface area (Å²) in [4.78, 5) is 22.3. The largest absolute Gasteiger partial charge is 0.457 e. The van der Waals surface area contributed by atoms with E-state index in [1.54, 1.807) is 0 Å². The molecule has 0 aliphatic heterocycles. The molecule has 0 atom stereocenters. The zero-order chi connectivity index (χ0) is 12.6. The molecule has 0 heterocycles. The normalized spacial score (nSPS) is 11.0. The molecule has 0 saturated carbocycles. The molecular weight excluding hydrogens is 208 g/mol. The number of hydrogen-bond donors (Lipinski definition) is 0. The molecule has 0 aromatic heterocycles. The zero-order valence-electron chi connectivity index (χ0n) is 10.7. The Morgan fingerprint density at radius 3 is 2.06 bits per heavy atom. The van der Waals surface area contributed by atoms with Crippen molar-refractivity contribution in [1.82, 2.24) is 0 Å². The van der Waals surface area contributed by atoms with Crippen LogP contribution in [0.1, 0.15) is 47.0 Å². The highest BCUT2D eigenvalue weighted by Crippen LogP contribution is 2.12. The molecule has 0 aromatic carbocycles. The zero-order valence-corrected chi connectivity index (χ0v) is 10.7. The molecule has 0 amide bonds. The van der Waals surface area contributed by atoms with E-state index in [0.717, 1.165) is 19.3 Å². The first-order valence-corrected chi connectivity index (χ1v) is 5.70. The van der Waals surface area contributed by atoms with Gasteiger partial charge in [0.1, 0.15) is 0 Å². The van der Waals surface area contributed by atoms with Crippen molar-refractivity contribution in [1.29, 1.82) is 0 Å². The van der Waals surface area contributed by atoms with Gasteiger partial charge in [0.2, 0.25) is 0 Å². The molecule has 4 heteroatoms. The first kappa shape index (κ1) is 14.9. The standard InChI is InChI=1S/C12H22O4/c1-5-6-7-8-15-10(13)11(14)16-9-12(2,3)4/h5-9H2,1-4H3. The van der Waals surface area contributed by atoms with Gasteiger partial charge in [-0.15, -0.1) is 0 Å². The van der Waals surface area contributed by atoms with Gasteiger partial charge in [-0.05, 0) is 11.8 Å². The van der Waals surface area contributed by atoms with Gasteiger partial charge in [0, 0.05) is 0 Å². The maximum Gasteiger partial charge on any atom is 0.417 e. The molecule has 0 radical (unpaired) electrons. The summed E-state index contributed by atoms with van der Waals surface area (Å²) in [5.74, 6) is -1.79. The van der Waals surface area contributed by atoms with Crippen molar-refractivity contribution in [2.75, 3.05) is 13.2 Å². The fourth-order valence-corrected chi connectivity index (χ4v) is 0.917. The molecule has 0 unspecified atom stereocenters. The number of rotatable bonds is 5. The van der Waals surface area contributed by atoms with Crippen molar-refractivity contribution in [2.45, 2.75) is 47.0 Å². The average molecular weight is 230 g/mol. The van der Waals surface area contributed by atoms with E-state index in [2.05, 4.69) is 6.92 Å². The maximum absolute atomic E-state index is 11.2. The molecule has 0 aromatic rings. The Balaban J connectivity index is 3.70. The van der Waals surface area contributed by atoms with Crippen LogP contribution in [-0.4, -0.2) is 25.2 Å².